The summed E-state index contributed by atoms with van der Waals surface area (Å²) in [5.41, 5.74) is 27.1. The summed E-state index contributed by atoms with van der Waals surface area (Å²) in [5, 5.41) is 12.6. The zero-order valence-corrected chi connectivity index (χ0v) is 56.4. The van der Waals surface area contributed by atoms with E-state index in [-0.39, 0.29) is 33.8 Å². The molecule has 0 saturated carbocycles. The van der Waals surface area contributed by atoms with Gasteiger partial charge in [-0.2, -0.15) is 0 Å². The van der Waals surface area contributed by atoms with Crippen LogP contribution in [-0.4, -0.2) is 11.3 Å². The van der Waals surface area contributed by atoms with Crippen molar-refractivity contribution < 1.29 is 0 Å². The van der Waals surface area contributed by atoms with Gasteiger partial charge in [-0.1, -0.05) is 249 Å². The first kappa shape index (κ1) is 57.3. The number of fused-ring (bicyclic) bond motifs is 17. The molecule has 0 fully saturated rings. The van der Waals surface area contributed by atoms with E-state index in [9.17, 15) is 0 Å². The Morgan fingerprint density at radius 2 is 0.785 bits per heavy atom. The molecule has 13 aromatic carbocycles. The maximum atomic E-state index is 2.70. The Bertz CT molecular complexity index is 5240. The molecular formula is C89H80BN3. The van der Waals surface area contributed by atoms with Crippen molar-refractivity contribution in [3.05, 3.63) is 264 Å². The van der Waals surface area contributed by atoms with E-state index in [4.69, 9.17) is 0 Å². The van der Waals surface area contributed by atoms with Crippen LogP contribution in [0.1, 0.15) is 130 Å². The first-order chi connectivity index (χ1) is 44.4. The molecule has 454 valence electrons. The smallest absolute Gasteiger partial charge is 0.252 e. The molecule has 0 spiro atoms. The van der Waals surface area contributed by atoms with E-state index in [2.05, 4.69) is 342 Å². The summed E-state index contributed by atoms with van der Waals surface area (Å²) in [5.74, 6) is 0. The summed E-state index contributed by atoms with van der Waals surface area (Å²) >= 11 is 0. The van der Waals surface area contributed by atoms with Gasteiger partial charge in [-0.25, -0.2) is 0 Å². The van der Waals surface area contributed by atoms with Gasteiger partial charge >= 0.3 is 0 Å². The van der Waals surface area contributed by atoms with Gasteiger partial charge in [-0.3, -0.25) is 0 Å². The summed E-state index contributed by atoms with van der Waals surface area (Å²) in [4.78, 5) is 5.41. The first-order valence-corrected chi connectivity index (χ1v) is 33.7. The molecule has 0 unspecified atom stereocenters. The van der Waals surface area contributed by atoms with Crippen LogP contribution in [0.15, 0.2) is 231 Å². The number of aromatic nitrogens is 1. The summed E-state index contributed by atoms with van der Waals surface area (Å²) in [6, 6.07) is 90.2. The molecule has 2 aliphatic heterocycles. The maximum absolute atomic E-state index is 2.70. The van der Waals surface area contributed by atoms with Crippen molar-refractivity contribution in [3.63, 3.8) is 0 Å². The van der Waals surface area contributed by atoms with Gasteiger partial charge in [0.05, 0.1) is 11.0 Å². The SMILES string of the molecule is CC(C)(C)c1cc(N2c3cc4c(ccc5ccccc54)cc3B3c4cc5ccc6ccccc6c5cc4N(c4cc(C(C)(C)C)cc(C(C)(C)C)c4)c4cc(-c5ccc6c(c5)c5c7c(ccc5n6-c5ccccc5)C(C)(C)c5ccccc5-7)cc2c43)cc(C(C)(C)C)c1. The molecule has 3 heterocycles. The van der Waals surface area contributed by atoms with Gasteiger partial charge in [0.2, 0.25) is 0 Å². The number of hydrogen-bond donors (Lipinski definition) is 0. The number of hydrogen-bond acceptors (Lipinski definition) is 2. The van der Waals surface area contributed by atoms with Gasteiger partial charge in [-0.05, 0) is 216 Å². The van der Waals surface area contributed by atoms with E-state index >= 15 is 0 Å². The number of benzene rings is 13. The molecule has 0 N–H and O–H groups in total. The molecule has 4 heteroatoms. The van der Waals surface area contributed by atoms with Crippen molar-refractivity contribution in [2.45, 2.75) is 124 Å². The van der Waals surface area contributed by atoms with Gasteiger partial charge in [0.1, 0.15) is 0 Å². The zero-order valence-electron chi connectivity index (χ0n) is 56.4. The van der Waals surface area contributed by atoms with Gasteiger partial charge in [0.15, 0.2) is 0 Å². The minimum absolute atomic E-state index is 0.133. The van der Waals surface area contributed by atoms with Crippen molar-refractivity contribution in [2.24, 2.45) is 0 Å². The van der Waals surface area contributed by atoms with E-state index in [1.807, 2.05) is 0 Å². The second-order valence-corrected chi connectivity index (χ2v) is 31.9. The van der Waals surface area contributed by atoms with Crippen LogP contribution in [0, 0.1) is 0 Å². The molecule has 0 saturated heterocycles. The number of anilines is 6. The van der Waals surface area contributed by atoms with Gasteiger partial charge in [0.25, 0.3) is 6.71 Å². The summed E-state index contributed by atoms with van der Waals surface area (Å²) in [7, 11) is 0. The molecule has 0 radical (unpaired) electrons. The lowest BCUT2D eigenvalue weighted by Gasteiger charge is -2.45. The van der Waals surface area contributed by atoms with Gasteiger partial charge in [0, 0.05) is 56.0 Å². The highest BCUT2D eigenvalue weighted by Crippen LogP contribution is 2.55. The highest BCUT2D eigenvalue weighted by molar-refractivity contribution is 7.00. The third-order valence-corrected chi connectivity index (χ3v) is 21.4. The van der Waals surface area contributed by atoms with Crippen LogP contribution in [-0.2, 0) is 27.1 Å². The molecule has 1 aromatic heterocycles. The molecule has 17 rings (SSSR count). The Morgan fingerprint density at radius 3 is 1.30 bits per heavy atom. The number of rotatable bonds is 4. The lowest BCUT2D eigenvalue weighted by atomic mass is 9.33. The number of para-hydroxylation sites is 1. The normalized spacial score (nSPS) is 14.4. The second-order valence-electron chi connectivity index (χ2n) is 31.9. The average Bonchev–Trinajstić information content (AvgIpc) is 1.54. The van der Waals surface area contributed by atoms with Crippen molar-refractivity contribution in [3.8, 4) is 27.9 Å². The summed E-state index contributed by atoms with van der Waals surface area (Å²) in [6.07, 6.45) is 0. The van der Waals surface area contributed by atoms with E-state index in [0.29, 0.717) is 0 Å². The van der Waals surface area contributed by atoms with Crippen LogP contribution in [0.4, 0.5) is 34.1 Å². The van der Waals surface area contributed by atoms with Crippen LogP contribution < -0.4 is 26.2 Å². The topological polar surface area (TPSA) is 11.4 Å². The Morgan fingerprint density at radius 1 is 0.323 bits per heavy atom. The lowest BCUT2D eigenvalue weighted by molar-refractivity contribution is 0.568. The Labute approximate surface area is 549 Å². The van der Waals surface area contributed by atoms with Gasteiger partial charge < -0.3 is 14.4 Å². The van der Waals surface area contributed by atoms with Crippen LogP contribution >= 0.6 is 0 Å². The van der Waals surface area contributed by atoms with Crippen LogP contribution in [0.25, 0.3) is 92.8 Å². The molecule has 93 heavy (non-hydrogen) atoms. The quantitative estimate of drug-likeness (QED) is 0.129. The van der Waals surface area contributed by atoms with Crippen LogP contribution in [0.3, 0.4) is 0 Å². The summed E-state index contributed by atoms with van der Waals surface area (Å²) < 4.78 is 2.51. The van der Waals surface area contributed by atoms with Crippen molar-refractivity contribution in [1.82, 2.24) is 4.57 Å². The van der Waals surface area contributed by atoms with E-state index in [1.54, 1.807) is 0 Å². The van der Waals surface area contributed by atoms with Gasteiger partial charge in [-0.15, -0.1) is 0 Å². The predicted octanol–water partition coefficient (Wildman–Crippen LogP) is 22.6. The first-order valence-electron chi connectivity index (χ1n) is 33.7. The minimum atomic E-state index is -0.167. The summed E-state index contributed by atoms with van der Waals surface area (Å²) in [6.45, 7) is 33.2. The minimum Gasteiger partial charge on any atom is -0.311 e. The molecule has 3 nitrogen and oxygen atoms in total. The fourth-order valence-corrected chi connectivity index (χ4v) is 16.3. The monoisotopic (exact) mass is 1200 g/mol. The average molecular weight is 1200 g/mol. The predicted molar refractivity (Wildman–Crippen MR) is 403 cm³/mol. The van der Waals surface area contributed by atoms with Crippen molar-refractivity contribution in [1.29, 1.82) is 0 Å². The highest BCUT2D eigenvalue weighted by atomic mass is 15.2. The molecule has 0 amide bonds. The maximum Gasteiger partial charge on any atom is 0.252 e. The highest BCUT2D eigenvalue weighted by Gasteiger charge is 2.46. The standard InChI is InChI=1S/C89H80BN3/c1-85(2,3)59-45-60(86(4,5)6)48-64(47-59)92-78-51-69-56(34-32-53-24-18-20-28-66(53)69)41-74(78)90-75-42-57-35-33-54-25-19-21-29-67(54)70(57)52-79(75)93(65-49-61(87(7,8)9)46-62(50-65)88(10,11)12)81-44-58(43-80(92)84(81)90)55-36-38-76-71(40-55)83-77(91(76)63-26-16-15-17-27-63)39-37-73-82(83)68-30-22-23-31-72(68)89(73,13)14/h15-52H,1-14H3. The lowest BCUT2D eigenvalue weighted by Crippen LogP contribution is -2.61. The van der Waals surface area contributed by atoms with Crippen molar-refractivity contribution in [2.75, 3.05) is 9.80 Å². The Kier molecular flexibility index (Phi) is 12.1. The second kappa shape index (κ2) is 19.7. The Hall–Kier alpha value is -9.64. The van der Waals surface area contributed by atoms with E-state index in [1.165, 1.54) is 171 Å². The molecule has 14 aromatic rings. The molecule has 0 bridgehead atoms. The molecule has 0 atom stereocenters. The molecular weight excluding hydrogens is 1120 g/mol. The van der Waals surface area contributed by atoms with E-state index in [0.717, 1.165) is 5.69 Å². The number of nitrogens with zero attached hydrogens (tertiary/aromatic N) is 3. The third-order valence-electron chi connectivity index (χ3n) is 21.4. The van der Waals surface area contributed by atoms with Crippen LogP contribution in [0.5, 0.6) is 0 Å². The largest absolute Gasteiger partial charge is 0.311 e. The Balaban J connectivity index is 1.05. The van der Waals surface area contributed by atoms with Crippen molar-refractivity contribution >= 4 is 122 Å². The fraction of sp³-hybridized carbons (Fsp3) is 0.213. The molecule has 1 aliphatic carbocycles. The zero-order chi connectivity index (χ0) is 64.2. The fourth-order valence-electron chi connectivity index (χ4n) is 16.3. The van der Waals surface area contributed by atoms with Crippen LogP contribution in [0.2, 0.25) is 0 Å². The third kappa shape index (κ3) is 8.69. The van der Waals surface area contributed by atoms with E-state index < -0.39 is 0 Å². The molecule has 3 aliphatic rings.